The molecule has 0 spiro atoms. The van der Waals surface area contributed by atoms with E-state index >= 15 is 0 Å². The lowest BCUT2D eigenvalue weighted by atomic mass is 10.1. The van der Waals surface area contributed by atoms with Gasteiger partial charge in [-0.1, -0.05) is 28.1 Å². The smallest absolute Gasteiger partial charge is 0.148 e. The Morgan fingerprint density at radius 1 is 1.43 bits per heavy atom. The molecule has 76 valence electrons. The Balaban J connectivity index is 2.45. The second kappa shape index (κ2) is 5.94. The van der Waals surface area contributed by atoms with Crippen LogP contribution in [0.4, 0.5) is 0 Å². The van der Waals surface area contributed by atoms with Crippen LogP contribution < -0.4 is 0 Å². The topological polar surface area (TPSA) is 26.3 Å². The minimum Gasteiger partial charge on any atom is -0.374 e. The van der Waals surface area contributed by atoms with Crippen molar-refractivity contribution in [3.63, 3.8) is 0 Å². The van der Waals surface area contributed by atoms with Gasteiger partial charge in [0.1, 0.15) is 12.4 Å². The van der Waals surface area contributed by atoms with Crippen LogP contribution in [0.25, 0.3) is 0 Å². The maximum absolute atomic E-state index is 10.5. The van der Waals surface area contributed by atoms with Crippen molar-refractivity contribution in [2.24, 2.45) is 0 Å². The Labute approximate surface area is 92.4 Å². The highest BCUT2D eigenvalue weighted by molar-refractivity contribution is 9.10. The average molecular weight is 257 g/mol. The molecule has 0 saturated carbocycles. The van der Waals surface area contributed by atoms with Crippen LogP contribution in [0.3, 0.4) is 0 Å². The zero-order valence-electron chi connectivity index (χ0n) is 8.07. The zero-order chi connectivity index (χ0) is 10.4. The van der Waals surface area contributed by atoms with Crippen molar-refractivity contribution in [2.75, 3.05) is 7.11 Å². The molecule has 0 amide bonds. The lowest BCUT2D eigenvalue weighted by Gasteiger charge is -2.07. The Morgan fingerprint density at radius 3 is 2.57 bits per heavy atom. The molecule has 0 radical (unpaired) electrons. The van der Waals surface area contributed by atoms with Crippen molar-refractivity contribution < 1.29 is 9.53 Å². The first-order valence-electron chi connectivity index (χ1n) is 4.49. The van der Waals surface area contributed by atoms with E-state index in [0.717, 1.165) is 23.6 Å². The Kier molecular flexibility index (Phi) is 4.84. The van der Waals surface area contributed by atoms with Gasteiger partial charge in [-0.05, 0) is 30.5 Å². The fraction of sp³-hybridized carbons (Fsp3) is 0.364. The fourth-order valence-electron chi connectivity index (χ4n) is 1.20. The van der Waals surface area contributed by atoms with Crippen LogP contribution in [0.1, 0.15) is 12.0 Å². The molecule has 14 heavy (non-hydrogen) atoms. The van der Waals surface area contributed by atoms with E-state index in [1.807, 2.05) is 24.3 Å². The first-order valence-corrected chi connectivity index (χ1v) is 5.28. The summed E-state index contributed by atoms with van der Waals surface area (Å²) in [6.45, 7) is 0. The molecular weight excluding hydrogens is 244 g/mol. The normalized spacial score (nSPS) is 12.4. The van der Waals surface area contributed by atoms with Gasteiger partial charge in [0.05, 0.1) is 0 Å². The third kappa shape index (κ3) is 3.60. The number of aldehydes is 1. The van der Waals surface area contributed by atoms with E-state index in [1.54, 1.807) is 7.11 Å². The molecule has 0 aliphatic carbocycles. The standard InChI is InChI=1S/C11H13BrO2/c1-14-11(8-13)7-4-9-2-5-10(12)6-3-9/h2-3,5-6,8,11H,4,7H2,1H3. The van der Waals surface area contributed by atoms with Gasteiger partial charge in [0, 0.05) is 11.6 Å². The van der Waals surface area contributed by atoms with Crippen LogP contribution in [0.2, 0.25) is 0 Å². The summed E-state index contributed by atoms with van der Waals surface area (Å²) in [4.78, 5) is 10.5. The lowest BCUT2D eigenvalue weighted by molar-refractivity contribution is -0.116. The summed E-state index contributed by atoms with van der Waals surface area (Å²) in [5.74, 6) is 0. The second-order valence-corrected chi connectivity index (χ2v) is 3.99. The van der Waals surface area contributed by atoms with Crippen molar-refractivity contribution in [3.05, 3.63) is 34.3 Å². The molecule has 0 heterocycles. The van der Waals surface area contributed by atoms with Crippen molar-refractivity contribution in [3.8, 4) is 0 Å². The van der Waals surface area contributed by atoms with E-state index in [4.69, 9.17) is 4.74 Å². The van der Waals surface area contributed by atoms with Crippen molar-refractivity contribution in [1.29, 1.82) is 0 Å². The first-order chi connectivity index (χ1) is 6.76. The number of rotatable bonds is 5. The van der Waals surface area contributed by atoms with Gasteiger partial charge in [0.25, 0.3) is 0 Å². The Bertz CT molecular complexity index is 282. The largest absolute Gasteiger partial charge is 0.374 e. The van der Waals surface area contributed by atoms with Crippen LogP contribution in [0.15, 0.2) is 28.7 Å². The molecule has 0 bridgehead atoms. The highest BCUT2D eigenvalue weighted by Gasteiger charge is 2.04. The predicted octanol–water partition coefficient (Wildman–Crippen LogP) is 2.60. The molecule has 1 aromatic rings. The highest BCUT2D eigenvalue weighted by atomic mass is 79.9. The number of benzene rings is 1. The molecule has 0 saturated heterocycles. The molecule has 1 unspecified atom stereocenters. The maximum Gasteiger partial charge on any atom is 0.148 e. The maximum atomic E-state index is 10.5. The molecule has 1 aromatic carbocycles. The summed E-state index contributed by atoms with van der Waals surface area (Å²) < 4.78 is 6.04. The number of hydrogen-bond donors (Lipinski definition) is 0. The summed E-state index contributed by atoms with van der Waals surface area (Å²) in [5, 5.41) is 0. The SMILES string of the molecule is COC(C=O)CCc1ccc(Br)cc1. The molecular formula is C11H13BrO2. The van der Waals surface area contributed by atoms with Crippen molar-refractivity contribution in [2.45, 2.75) is 18.9 Å². The summed E-state index contributed by atoms with van der Waals surface area (Å²) in [5.41, 5.74) is 1.22. The Morgan fingerprint density at radius 2 is 2.07 bits per heavy atom. The van der Waals surface area contributed by atoms with Crippen LogP contribution >= 0.6 is 15.9 Å². The van der Waals surface area contributed by atoms with E-state index in [9.17, 15) is 4.79 Å². The quantitative estimate of drug-likeness (QED) is 0.758. The van der Waals surface area contributed by atoms with Gasteiger partial charge < -0.3 is 9.53 Å². The third-order valence-electron chi connectivity index (χ3n) is 2.09. The molecule has 0 aliphatic heterocycles. The first kappa shape index (κ1) is 11.4. The number of carbonyl (C=O) groups is 1. The van der Waals surface area contributed by atoms with Crippen LogP contribution in [0.5, 0.6) is 0 Å². The molecule has 1 rings (SSSR count). The molecule has 0 aliphatic rings. The summed E-state index contributed by atoms with van der Waals surface area (Å²) in [6.07, 6.45) is 2.17. The number of methoxy groups -OCH3 is 1. The molecule has 2 nitrogen and oxygen atoms in total. The van der Waals surface area contributed by atoms with E-state index in [-0.39, 0.29) is 6.10 Å². The van der Waals surface area contributed by atoms with Gasteiger partial charge in [-0.15, -0.1) is 0 Å². The summed E-state index contributed by atoms with van der Waals surface area (Å²) in [6, 6.07) is 8.08. The molecule has 0 fully saturated rings. The van der Waals surface area contributed by atoms with Gasteiger partial charge in [-0.3, -0.25) is 0 Å². The van der Waals surface area contributed by atoms with Crippen LogP contribution in [-0.4, -0.2) is 19.5 Å². The Hall–Kier alpha value is -0.670. The number of hydrogen-bond acceptors (Lipinski definition) is 2. The van der Waals surface area contributed by atoms with Gasteiger partial charge >= 0.3 is 0 Å². The zero-order valence-corrected chi connectivity index (χ0v) is 9.66. The minimum absolute atomic E-state index is 0.279. The van der Waals surface area contributed by atoms with Gasteiger partial charge in [-0.25, -0.2) is 0 Å². The van der Waals surface area contributed by atoms with Gasteiger partial charge in [-0.2, -0.15) is 0 Å². The van der Waals surface area contributed by atoms with Crippen molar-refractivity contribution >= 4 is 22.2 Å². The third-order valence-corrected chi connectivity index (χ3v) is 2.61. The fourth-order valence-corrected chi connectivity index (χ4v) is 1.47. The van der Waals surface area contributed by atoms with Crippen LogP contribution in [-0.2, 0) is 16.0 Å². The monoisotopic (exact) mass is 256 g/mol. The van der Waals surface area contributed by atoms with E-state index in [1.165, 1.54) is 5.56 Å². The second-order valence-electron chi connectivity index (χ2n) is 3.08. The van der Waals surface area contributed by atoms with Gasteiger partial charge in [0.15, 0.2) is 0 Å². The number of aryl methyl sites for hydroxylation is 1. The number of carbonyl (C=O) groups excluding carboxylic acids is 1. The average Bonchev–Trinajstić information content (AvgIpc) is 2.22. The van der Waals surface area contributed by atoms with Crippen molar-refractivity contribution in [1.82, 2.24) is 0 Å². The highest BCUT2D eigenvalue weighted by Crippen LogP contribution is 2.12. The van der Waals surface area contributed by atoms with E-state index in [2.05, 4.69) is 15.9 Å². The molecule has 3 heteroatoms. The predicted molar refractivity (Wildman–Crippen MR) is 59.3 cm³/mol. The van der Waals surface area contributed by atoms with E-state index in [0.29, 0.717) is 0 Å². The summed E-state index contributed by atoms with van der Waals surface area (Å²) >= 11 is 3.37. The number of ether oxygens (including phenoxy) is 1. The minimum atomic E-state index is -0.279. The molecule has 0 N–H and O–H groups in total. The van der Waals surface area contributed by atoms with E-state index < -0.39 is 0 Å². The van der Waals surface area contributed by atoms with Gasteiger partial charge in [0.2, 0.25) is 0 Å². The number of halogens is 1. The summed E-state index contributed by atoms with van der Waals surface area (Å²) in [7, 11) is 1.56. The lowest BCUT2D eigenvalue weighted by Crippen LogP contribution is -2.12. The van der Waals surface area contributed by atoms with Crippen LogP contribution in [0, 0.1) is 0 Å². The molecule has 0 aromatic heterocycles. The molecule has 1 atom stereocenters.